The Balaban J connectivity index is 1.31. The lowest BCUT2D eigenvalue weighted by Gasteiger charge is -2.29. The molecule has 9 nitrogen and oxygen atoms in total. The molecular weight excluding hydrogens is 811 g/mol. The van der Waals surface area contributed by atoms with E-state index in [2.05, 4.69) is 0 Å². The summed E-state index contributed by atoms with van der Waals surface area (Å²) < 4.78 is 3.69. The van der Waals surface area contributed by atoms with E-state index >= 15 is 14.4 Å². The summed E-state index contributed by atoms with van der Waals surface area (Å²) in [7, 11) is 0. The summed E-state index contributed by atoms with van der Waals surface area (Å²) in [6.07, 6.45) is 21.6. The molecule has 0 aliphatic heterocycles. The highest BCUT2D eigenvalue weighted by Crippen LogP contribution is 2.47. The van der Waals surface area contributed by atoms with Gasteiger partial charge >= 0.3 is 17.1 Å². The molecule has 4 saturated carbocycles. The van der Waals surface area contributed by atoms with Gasteiger partial charge < -0.3 is 15.3 Å². The molecule has 4 aliphatic carbocycles. The van der Waals surface area contributed by atoms with Crippen molar-refractivity contribution in [1.29, 1.82) is 0 Å². The largest absolute Gasteiger partial charge is 0.507 e. The smallest absolute Gasteiger partial charge is 0.336 e. The molecule has 4 aromatic rings. The SMILES string of the molecule is CC(C)(C)c1cc(Cn2c(=O)n(Cc3cc(C4CCCCC4)c(O)c(C4CCCCC4)c3)c(=O)n(Cc3cc(C4CCCCC4)c(O)c(C4CCCCC4)c3)c2=O)cc(C(C)(C)C)c1O. The van der Waals surface area contributed by atoms with E-state index in [0.717, 1.165) is 147 Å². The second-order valence-corrected chi connectivity index (χ2v) is 22.7. The summed E-state index contributed by atoms with van der Waals surface area (Å²) in [6.45, 7) is 12.1. The average molecular weight is 888 g/mol. The van der Waals surface area contributed by atoms with Gasteiger partial charge in [0, 0.05) is 0 Å². The molecular formula is C56H77N3O6. The lowest BCUT2D eigenvalue weighted by molar-refractivity contribution is 0.392. The first kappa shape index (κ1) is 47.0. The minimum Gasteiger partial charge on any atom is -0.507 e. The number of hydrogen-bond acceptors (Lipinski definition) is 6. The predicted octanol–water partition coefficient (Wildman–Crippen LogP) is 12.2. The van der Waals surface area contributed by atoms with Crippen molar-refractivity contribution in [3.63, 3.8) is 0 Å². The van der Waals surface area contributed by atoms with Gasteiger partial charge in [-0.1, -0.05) is 143 Å². The molecule has 4 aliphatic rings. The topological polar surface area (TPSA) is 127 Å². The molecule has 0 spiro atoms. The van der Waals surface area contributed by atoms with Crippen LogP contribution in [0.15, 0.2) is 50.8 Å². The molecule has 0 saturated heterocycles. The molecule has 1 aromatic heterocycles. The highest BCUT2D eigenvalue weighted by Gasteiger charge is 2.31. The van der Waals surface area contributed by atoms with Crippen LogP contribution in [0.1, 0.15) is 244 Å². The van der Waals surface area contributed by atoms with Gasteiger partial charge in [0.25, 0.3) is 0 Å². The van der Waals surface area contributed by atoms with Crippen molar-refractivity contribution in [2.24, 2.45) is 0 Å². The molecule has 0 atom stereocenters. The Labute approximate surface area is 387 Å². The Morgan fingerprint density at radius 3 is 0.846 bits per heavy atom. The second kappa shape index (κ2) is 19.4. The minimum atomic E-state index is -0.679. The van der Waals surface area contributed by atoms with Gasteiger partial charge in [-0.3, -0.25) is 0 Å². The second-order valence-electron chi connectivity index (χ2n) is 22.7. The Morgan fingerprint density at radius 1 is 0.385 bits per heavy atom. The van der Waals surface area contributed by atoms with E-state index in [1.54, 1.807) is 0 Å². The maximum Gasteiger partial charge on any atom is 0.336 e. The van der Waals surface area contributed by atoms with Crippen molar-refractivity contribution < 1.29 is 15.3 Å². The van der Waals surface area contributed by atoms with Crippen molar-refractivity contribution in [2.75, 3.05) is 0 Å². The fourth-order valence-electron chi connectivity index (χ4n) is 12.1. The van der Waals surface area contributed by atoms with E-state index in [1.807, 2.05) is 77.9 Å². The van der Waals surface area contributed by atoms with Crippen molar-refractivity contribution in [2.45, 2.75) is 224 Å². The fraction of sp³-hybridized carbons (Fsp3) is 0.625. The van der Waals surface area contributed by atoms with E-state index in [1.165, 1.54) is 39.4 Å². The third-order valence-electron chi connectivity index (χ3n) is 15.8. The summed E-state index contributed by atoms with van der Waals surface area (Å²) in [5.41, 5.74) is 4.55. The van der Waals surface area contributed by atoms with Gasteiger partial charge in [0.05, 0.1) is 19.6 Å². The van der Waals surface area contributed by atoms with Gasteiger partial charge in [0.2, 0.25) is 0 Å². The number of aromatic hydroxyl groups is 3. The Hall–Kier alpha value is -4.53. The van der Waals surface area contributed by atoms with Gasteiger partial charge in [-0.15, -0.1) is 0 Å². The Bertz CT molecular complexity index is 2280. The van der Waals surface area contributed by atoms with Gasteiger partial charge in [0.1, 0.15) is 17.2 Å². The molecule has 0 radical (unpaired) electrons. The lowest BCUT2D eigenvalue weighted by atomic mass is 9.78. The minimum absolute atomic E-state index is 0.0377. The standard InChI is InChI=1S/C56H77N3O6/c1-55(2,3)47-31-38(32-48(51(47)62)56(4,5)6)35-59-53(64)57(33-36-27-43(39-19-11-7-12-20-39)49(60)44(28-36)40-21-13-8-14-22-40)52(63)58(54(59)65)34-37-29-45(41-23-15-9-16-24-41)50(61)46(30-37)42-25-17-10-18-26-42/h27-32,39-42,60-62H,7-26,33-35H2,1-6H3. The summed E-state index contributed by atoms with van der Waals surface area (Å²) in [5, 5.41) is 35.5. The molecule has 3 N–H and O–H groups in total. The summed E-state index contributed by atoms with van der Waals surface area (Å²) in [4.78, 5) is 45.2. The van der Waals surface area contributed by atoms with Gasteiger partial charge in [-0.25, -0.2) is 28.1 Å². The van der Waals surface area contributed by atoms with Crippen LogP contribution in [0.5, 0.6) is 17.2 Å². The van der Waals surface area contributed by atoms with Crippen molar-refractivity contribution >= 4 is 0 Å². The lowest BCUT2D eigenvalue weighted by Crippen LogP contribution is -2.54. The van der Waals surface area contributed by atoms with Gasteiger partial charge in [0.15, 0.2) is 0 Å². The summed E-state index contributed by atoms with van der Waals surface area (Å²) >= 11 is 0. The number of rotatable bonds is 10. The Morgan fingerprint density at radius 2 is 0.615 bits per heavy atom. The predicted molar refractivity (Wildman–Crippen MR) is 262 cm³/mol. The third-order valence-corrected chi connectivity index (χ3v) is 15.8. The van der Waals surface area contributed by atoms with Crippen molar-refractivity contribution in [3.05, 3.63) is 118 Å². The van der Waals surface area contributed by atoms with Crippen LogP contribution in [0.25, 0.3) is 0 Å². The number of phenols is 3. The molecule has 0 bridgehead atoms. The molecule has 3 aromatic carbocycles. The molecule has 0 amide bonds. The van der Waals surface area contributed by atoms with Crippen LogP contribution in [0.2, 0.25) is 0 Å². The number of hydrogen-bond donors (Lipinski definition) is 3. The van der Waals surface area contributed by atoms with E-state index in [9.17, 15) is 15.3 Å². The number of phenolic OH excluding ortho intramolecular Hbond substituents is 3. The molecule has 1 heterocycles. The first-order valence-electron chi connectivity index (χ1n) is 25.5. The summed E-state index contributed by atoms with van der Waals surface area (Å²) in [5.74, 6) is 1.83. The molecule has 4 fully saturated rings. The molecule has 352 valence electrons. The maximum atomic E-state index is 15.1. The van der Waals surface area contributed by atoms with Crippen LogP contribution < -0.4 is 17.1 Å². The van der Waals surface area contributed by atoms with Crippen LogP contribution in [0.4, 0.5) is 0 Å². The zero-order valence-electron chi connectivity index (χ0n) is 40.4. The number of aromatic nitrogens is 3. The maximum absolute atomic E-state index is 15.1. The molecule has 65 heavy (non-hydrogen) atoms. The monoisotopic (exact) mass is 888 g/mol. The zero-order valence-corrected chi connectivity index (χ0v) is 40.4. The summed E-state index contributed by atoms with van der Waals surface area (Å²) in [6, 6.07) is 11.9. The van der Waals surface area contributed by atoms with Crippen molar-refractivity contribution in [3.8, 4) is 17.2 Å². The van der Waals surface area contributed by atoms with Gasteiger partial charge in [-0.05, 0) is 148 Å². The fourth-order valence-corrected chi connectivity index (χ4v) is 12.1. The van der Waals surface area contributed by atoms with Crippen LogP contribution in [0.3, 0.4) is 0 Å². The van der Waals surface area contributed by atoms with Gasteiger partial charge in [-0.2, -0.15) is 0 Å². The van der Waals surface area contributed by atoms with E-state index in [0.29, 0.717) is 17.1 Å². The van der Waals surface area contributed by atoms with E-state index in [-0.39, 0.29) is 49.1 Å². The molecule has 8 rings (SSSR count). The zero-order chi connectivity index (χ0) is 46.2. The normalized spacial score (nSPS) is 18.9. The molecule has 9 heteroatoms. The van der Waals surface area contributed by atoms with Crippen molar-refractivity contribution in [1.82, 2.24) is 13.7 Å². The average Bonchev–Trinajstić information content (AvgIpc) is 3.29. The van der Waals surface area contributed by atoms with Crippen LogP contribution in [-0.4, -0.2) is 29.0 Å². The van der Waals surface area contributed by atoms with Crippen LogP contribution >= 0.6 is 0 Å². The highest BCUT2D eigenvalue weighted by molar-refractivity contribution is 5.51. The Kier molecular flexibility index (Phi) is 14.0. The third kappa shape index (κ3) is 10.1. The molecule has 0 unspecified atom stereocenters. The highest BCUT2D eigenvalue weighted by atomic mass is 16.3. The quantitative estimate of drug-likeness (QED) is 0.146. The first-order chi connectivity index (χ1) is 31.0. The number of nitrogens with zero attached hydrogens (tertiary/aromatic N) is 3. The van der Waals surface area contributed by atoms with Crippen LogP contribution in [-0.2, 0) is 30.5 Å². The number of benzene rings is 3. The van der Waals surface area contributed by atoms with E-state index < -0.39 is 27.9 Å². The first-order valence-corrected chi connectivity index (χ1v) is 25.5. The van der Waals surface area contributed by atoms with E-state index in [4.69, 9.17) is 0 Å². The van der Waals surface area contributed by atoms with Crippen LogP contribution in [0, 0.1) is 0 Å².